The molecule has 0 aromatic heterocycles. The molecule has 3 heteroatoms. The Bertz CT molecular complexity index is 411. The molecule has 1 aromatic carbocycles. The summed E-state index contributed by atoms with van der Waals surface area (Å²) in [6.07, 6.45) is 2.75. The molecule has 0 bridgehead atoms. The van der Waals surface area contributed by atoms with Crippen LogP contribution in [0, 0.1) is 6.92 Å². The second-order valence-electron chi connectivity index (χ2n) is 6.39. The van der Waals surface area contributed by atoms with E-state index in [-0.39, 0.29) is 0 Å². The van der Waals surface area contributed by atoms with Crippen molar-refractivity contribution in [1.29, 1.82) is 0 Å². The Labute approximate surface area is 129 Å². The van der Waals surface area contributed by atoms with E-state index in [1.165, 1.54) is 11.1 Å². The molecular formula is C18H30N2O. The Hall–Kier alpha value is -0.900. The van der Waals surface area contributed by atoms with E-state index >= 15 is 0 Å². The van der Waals surface area contributed by atoms with Gasteiger partial charge in [0.05, 0.1) is 12.7 Å². The summed E-state index contributed by atoms with van der Waals surface area (Å²) >= 11 is 0. The first-order chi connectivity index (χ1) is 10.1. The molecule has 0 radical (unpaired) electrons. The van der Waals surface area contributed by atoms with Crippen LogP contribution in [0.5, 0.6) is 0 Å². The summed E-state index contributed by atoms with van der Waals surface area (Å²) in [6.45, 7) is 11.9. The molecule has 118 valence electrons. The fraction of sp³-hybridized carbons (Fsp3) is 0.667. The lowest BCUT2D eigenvalue weighted by Crippen LogP contribution is -2.41. The molecule has 0 saturated carbocycles. The molecule has 0 aliphatic carbocycles. The number of hydrogen-bond donors (Lipinski definition) is 1. The largest absolute Gasteiger partial charge is 0.373 e. The molecular weight excluding hydrogens is 260 g/mol. The molecule has 1 aromatic rings. The minimum atomic E-state index is 0.430. The van der Waals surface area contributed by atoms with E-state index in [0.29, 0.717) is 12.1 Å². The Morgan fingerprint density at radius 1 is 1.24 bits per heavy atom. The number of piperidine rings is 1. The maximum Gasteiger partial charge on any atom is 0.0723 e. The Morgan fingerprint density at radius 2 is 1.95 bits per heavy atom. The zero-order chi connectivity index (χ0) is 15.1. The topological polar surface area (TPSA) is 24.5 Å². The van der Waals surface area contributed by atoms with Crippen molar-refractivity contribution < 1.29 is 4.74 Å². The molecule has 3 nitrogen and oxygen atoms in total. The van der Waals surface area contributed by atoms with Gasteiger partial charge in [-0.15, -0.1) is 0 Å². The predicted molar refractivity (Wildman–Crippen MR) is 88.6 cm³/mol. The Kier molecular flexibility index (Phi) is 6.68. The smallest absolute Gasteiger partial charge is 0.0723 e. The number of benzene rings is 1. The van der Waals surface area contributed by atoms with E-state index in [1.54, 1.807) is 0 Å². The highest BCUT2D eigenvalue weighted by Crippen LogP contribution is 2.16. The standard InChI is InChI=1S/C18H30N2O/c1-15(2)19-10-13-20-11-8-18(9-12-20)21-14-17-7-5-4-6-16(17)3/h4-7,15,18-19H,8-14H2,1-3H3. The van der Waals surface area contributed by atoms with Crippen LogP contribution in [0.25, 0.3) is 0 Å². The monoisotopic (exact) mass is 290 g/mol. The lowest BCUT2D eigenvalue weighted by Gasteiger charge is -2.32. The number of ether oxygens (including phenoxy) is 1. The number of rotatable bonds is 7. The predicted octanol–water partition coefficient (Wildman–Crippen LogP) is 2.97. The van der Waals surface area contributed by atoms with Crippen molar-refractivity contribution in [3.8, 4) is 0 Å². The van der Waals surface area contributed by atoms with Crippen LogP contribution in [-0.2, 0) is 11.3 Å². The van der Waals surface area contributed by atoms with Crippen LogP contribution in [0.1, 0.15) is 37.8 Å². The summed E-state index contributed by atoms with van der Waals surface area (Å²) in [5, 5.41) is 3.48. The highest BCUT2D eigenvalue weighted by Gasteiger charge is 2.19. The SMILES string of the molecule is Cc1ccccc1COC1CCN(CCNC(C)C)CC1. The number of hydrogen-bond acceptors (Lipinski definition) is 3. The average Bonchev–Trinajstić information content (AvgIpc) is 2.47. The number of nitrogens with zero attached hydrogens (tertiary/aromatic N) is 1. The normalized spacial score (nSPS) is 17.5. The summed E-state index contributed by atoms with van der Waals surface area (Å²) in [5.41, 5.74) is 2.65. The number of aryl methyl sites for hydroxylation is 1. The second kappa shape index (κ2) is 8.52. The highest BCUT2D eigenvalue weighted by atomic mass is 16.5. The number of likely N-dealkylation sites (tertiary alicyclic amines) is 1. The third-order valence-electron chi connectivity index (χ3n) is 4.25. The van der Waals surface area contributed by atoms with Gasteiger partial charge in [-0.25, -0.2) is 0 Å². The minimum Gasteiger partial charge on any atom is -0.373 e. The first kappa shape index (κ1) is 16.5. The molecule has 0 atom stereocenters. The van der Waals surface area contributed by atoms with Gasteiger partial charge in [0.15, 0.2) is 0 Å². The molecule has 1 N–H and O–H groups in total. The van der Waals surface area contributed by atoms with E-state index in [1.807, 2.05) is 0 Å². The van der Waals surface area contributed by atoms with E-state index in [0.717, 1.165) is 45.6 Å². The molecule has 1 heterocycles. The summed E-state index contributed by atoms with van der Waals surface area (Å²) < 4.78 is 6.10. The van der Waals surface area contributed by atoms with Crippen LogP contribution >= 0.6 is 0 Å². The molecule has 0 unspecified atom stereocenters. The van der Waals surface area contributed by atoms with Crippen molar-refractivity contribution in [1.82, 2.24) is 10.2 Å². The van der Waals surface area contributed by atoms with Gasteiger partial charge in [-0.1, -0.05) is 38.1 Å². The van der Waals surface area contributed by atoms with Crippen LogP contribution in [0.2, 0.25) is 0 Å². The van der Waals surface area contributed by atoms with Crippen LogP contribution in [-0.4, -0.2) is 43.2 Å². The maximum absolute atomic E-state index is 6.10. The van der Waals surface area contributed by atoms with Crippen molar-refractivity contribution in [2.24, 2.45) is 0 Å². The summed E-state index contributed by atoms with van der Waals surface area (Å²) in [7, 11) is 0. The Balaban J connectivity index is 1.64. The fourth-order valence-corrected chi connectivity index (χ4v) is 2.79. The van der Waals surface area contributed by atoms with E-state index in [9.17, 15) is 0 Å². The molecule has 1 saturated heterocycles. The Morgan fingerprint density at radius 3 is 2.62 bits per heavy atom. The summed E-state index contributed by atoms with van der Waals surface area (Å²) in [4.78, 5) is 2.54. The minimum absolute atomic E-state index is 0.430. The lowest BCUT2D eigenvalue weighted by atomic mass is 10.1. The van der Waals surface area contributed by atoms with Gasteiger partial charge < -0.3 is 15.0 Å². The van der Waals surface area contributed by atoms with Crippen LogP contribution in [0.4, 0.5) is 0 Å². The first-order valence-electron chi connectivity index (χ1n) is 8.27. The van der Waals surface area contributed by atoms with Crippen LogP contribution in [0.15, 0.2) is 24.3 Å². The number of nitrogens with one attached hydrogen (secondary N) is 1. The molecule has 1 fully saturated rings. The van der Waals surface area contributed by atoms with Gasteiger partial charge in [0.1, 0.15) is 0 Å². The first-order valence-corrected chi connectivity index (χ1v) is 8.27. The fourth-order valence-electron chi connectivity index (χ4n) is 2.79. The summed E-state index contributed by atoms with van der Waals surface area (Å²) in [5.74, 6) is 0. The highest BCUT2D eigenvalue weighted by molar-refractivity contribution is 5.24. The summed E-state index contributed by atoms with van der Waals surface area (Å²) in [6, 6.07) is 9.09. The molecule has 0 amide bonds. The van der Waals surface area contributed by atoms with Gasteiger partial charge >= 0.3 is 0 Å². The van der Waals surface area contributed by atoms with Crippen molar-refractivity contribution in [2.75, 3.05) is 26.2 Å². The van der Waals surface area contributed by atoms with Gasteiger partial charge in [0.2, 0.25) is 0 Å². The zero-order valence-electron chi connectivity index (χ0n) is 13.8. The zero-order valence-corrected chi connectivity index (χ0v) is 13.8. The molecule has 21 heavy (non-hydrogen) atoms. The van der Waals surface area contributed by atoms with Crippen LogP contribution < -0.4 is 5.32 Å². The van der Waals surface area contributed by atoms with Crippen LogP contribution in [0.3, 0.4) is 0 Å². The van der Waals surface area contributed by atoms with Crippen molar-refractivity contribution in [3.05, 3.63) is 35.4 Å². The molecule has 0 spiro atoms. The van der Waals surface area contributed by atoms with Crippen molar-refractivity contribution in [3.63, 3.8) is 0 Å². The van der Waals surface area contributed by atoms with E-state index < -0.39 is 0 Å². The molecule has 1 aliphatic rings. The second-order valence-corrected chi connectivity index (χ2v) is 6.39. The van der Waals surface area contributed by atoms with E-state index in [4.69, 9.17) is 4.74 Å². The molecule has 2 rings (SSSR count). The van der Waals surface area contributed by atoms with Gasteiger partial charge in [0, 0.05) is 32.2 Å². The van der Waals surface area contributed by atoms with Crippen molar-refractivity contribution >= 4 is 0 Å². The lowest BCUT2D eigenvalue weighted by molar-refractivity contribution is -0.00241. The van der Waals surface area contributed by atoms with Gasteiger partial charge in [-0.2, -0.15) is 0 Å². The molecule has 1 aliphatic heterocycles. The average molecular weight is 290 g/mol. The van der Waals surface area contributed by atoms with Crippen molar-refractivity contribution in [2.45, 2.75) is 52.4 Å². The maximum atomic E-state index is 6.10. The van der Waals surface area contributed by atoms with Gasteiger partial charge in [0.25, 0.3) is 0 Å². The van der Waals surface area contributed by atoms with Gasteiger partial charge in [-0.3, -0.25) is 0 Å². The third kappa shape index (κ3) is 5.77. The van der Waals surface area contributed by atoms with E-state index in [2.05, 4.69) is 55.3 Å². The third-order valence-corrected chi connectivity index (χ3v) is 4.25. The quantitative estimate of drug-likeness (QED) is 0.835. The van der Waals surface area contributed by atoms with Gasteiger partial charge in [-0.05, 0) is 30.9 Å².